The van der Waals surface area contributed by atoms with Crippen molar-refractivity contribution in [1.82, 2.24) is 4.98 Å². The lowest BCUT2D eigenvalue weighted by Crippen LogP contribution is -2.12. The second kappa shape index (κ2) is 3.86. The third-order valence-corrected chi connectivity index (χ3v) is 2.26. The van der Waals surface area contributed by atoms with Crippen molar-refractivity contribution in [2.45, 2.75) is 26.2 Å². The minimum absolute atomic E-state index is 0.144. The molecule has 1 aromatic rings. The van der Waals surface area contributed by atoms with Crippen LogP contribution in [0, 0.1) is 0 Å². The molecule has 0 unspecified atom stereocenters. The fourth-order valence-electron chi connectivity index (χ4n) is 1.26. The maximum Gasteiger partial charge on any atom is 0.149 e. The molecule has 2 N–H and O–H groups in total. The van der Waals surface area contributed by atoms with Crippen LogP contribution in [-0.2, 0) is 5.41 Å². The fraction of sp³-hybridized carbons (Fsp3) is 0.545. The maximum atomic E-state index is 4.36. The highest BCUT2D eigenvalue weighted by atomic mass is 15.0. The monoisotopic (exact) mass is 193 g/mol. The zero-order valence-corrected chi connectivity index (χ0v) is 9.60. The molecule has 3 heteroatoms. The molecule has 1 rings (SSSR count). The van der Waals surface area contributed by atoms with Crippen LogP contribution in [0.3, 0.4) is 0 Å². The Bertz CT molecular complexity index is 313. The van der Waals surface area contributed by atoms with E-state index in [9.17, 15) is 0 Å². The number of hydrogen-bond acceptors (Lipinski definition) is 3. The van der Waals surface area contributed by atoms with Gasteiger partial charge in [0, 0.05) is 20.3 Å². The van der Waals surface area contributed by atoms with Crippen molar-refractivity contribution in [2.24, 2.45) is 0 Å². The van der Waals surface area contributed by atoms with E-state index in [2.05, 4.69) is 42.5 Å². The number of pyridine rings is 1. The molecule has 0 aliphatic carbocycles. The summed E-state index contributed by atoms with van der Waals surface area (Å²) in [5.74, 6) is 0.889. The largest absolute Gasteiger partial charge is 0.385 e. The first kappa shape index (κ1) is 10.8. The summed E-state index contributed by atoms with van der Waals surface area (Å²) in [5, 5.41) is 6.19. The summed E-state index contributed by atoms with van der Waals surface area (Å²) in [7, 11) is 3.78. The quantitative estimate of drug-likeness (QED) is 0.757. The van der Waals surface area contributed by atoms with Gasteiger partial charge in [0.2, 0.25) is 0 Å². The van der Waals surface area contributed by atoms with Crippen LogP contribution in [0.2, 0.25) is 0 Å². The van der Waals surface area contributed by atoms with Crippen LogP contribution in [0.4, 0.5) is 11.5 Å². The first-order valence-electron chi connectivity index (χ1n) is 4.85. The molecule has 0 bridgehead atoms. The molecular formula is C11H19N3. The van der Waals surface area contributed by atoms with Crippen LogP contribution < -0.4 is 10.6 Å². The Kier molecular flexibility index (Phi) is 2.99. The summed E-state index contributed by atoms with van der Waals surface area (Å²) >= 11 is 0. The Morgan fingerprint density at radius 3 is 2.21 bits per heavy atom. The van der Waals surface area contributed by atoms with E-state index >= 15 is 0 Å². The van der Waals surface area contributed by atoms with Crippen molar-refractivity contribution in [3.8, 4) is 0 Å². The van der Waals surface area contributed by atoms with Crippen LogP contribution in [0.25, 0.3) is 0 Å². The van der Waals surface area contributed by atoms with Gasteiger partial charge in [0.1, 0.15) is 5.82 Å². The van der Waals surface area contributed by atoms with E-state index in [0.29, 0.717) is 0 Å². The third-order valence-electron chi connectivity index (χ3n) is 2.26. The molecule has 14 heavy (non-hydrogen) atoms. The highest BCUT2D eigenvalue weighted by molar-refractivity contribution is 5.64. The van der Waals surface area contributed by atoms with Gasteiger partial charge in [-0.3, -0.25) is 0 Å². The lowest BCUT2D eigenvalue weighted by atomic mass is 9.88. The van der Waals surface area contributed by atoms with Gasteiger partial charge in [-0.05, 0) is 17.0 Å². The molecule has 0 saturated carbocycles. The van der Waals surface area contributed by atoms with Crippen LogP contribution >= 0.6 is 0 Å². The Morgan fingerprint density at radius 2 is 1.79 bits per heavy atom. The maximum absolute atomic E-state index is 4.36. The summed E-state index contributed by atoms with van der Waals surface area (Å²) in [6.45, 7) is 6.55. The normalized spacial score (nSPS) is 11.2. The summed E-state index contributed by atoms with van der Waals surface area (Å²) in [6.07, 6.45) is 1.92. The molecule has 0 radical (unpaired) electrons. The number of nitrogens with zero attached hydrogens (tertiary/aromatic N) is 1. The standard InChI is InChI=1S/C11H19N3/c1-11(2,3)8-6-9(12-4)10(13-5)14-7-8/h6-7,12H,1-5H3,(H,13,14). The molecule has 0 fully saturated rings. The van der Waals surface area contributed by atoms with E-state index in [1.54, 1.807) is 0 Å². The summed E-state index contributed by atoms with van der Waals surface area (Å²) < 4.78 is 0. The molecule has 1 heterocycles. The Balaban J connectivity index is 3.14. The predicted octanol–water partition coefficient (Wildman–Crippen LogP) is 2.46. The van der Waals surface area contributed by atoms with Crippen LogP contribution in [-0.4, -0.2) is 19.1 Å². The van der Waals surface area contributed by atoms with Crippen LogP contribution in [0.5, 0.6) is 0 Å². The van der Waals surface area contributed by atoms with Crippen molar-refractivity contribution in [1.29, 1.82) is 0 Å². The van der Waals surface area contributed by atoms with Gasteiger partial charge in [-0.25, -0.2) is 4.98 Å². The van der Waals surface area contributed by atoms with Crippen LogP contribution in [0.15, 0.2) is 12.3 Å². The number of rotatable bonds is 2. The number of aromatic nitrogens is 1. The molecule has 0 atom stereocenters. The zero-order chi connectivity index (χ0) is 10.8. The fourth-order valence-corrected chi connectivity index (χ4v) is 1.26. The second-order valence-corrected chi connectivity index (χ2v) is 4.37. The highest BCUT2D eigenvalue weighted by Crippen LogP contribution is 2.27. The van der Waals surface area contributed by atoms with Crippen molar-refractivity contribution >= 4 is 11.5 Å². The molecule has 0 aromatic carbocycles. The molecule has 0 aliphatic rings. The van der Waals surface area contributed by atoms with E-state index < -0.39 is 0 Å². The lowest BCUT2D eigenvalue weighted by molar-refractivity contribution is 0.588. The molecule has 0 amide bonds. The summed E-state index contributed by atoms with van der Waals surface area (Å²) in [6, 6.07) is 2.14. The lowest BCUT2D eigenvalue weighted by Gasteiger charge is -2.20. The van der Waals surface area contributed by atoms with Gasteiger partial charge in [-0.1, -0.05) is 20.8 Å². The topological polar surface area (TPSA) is 37.0 Å². The minimum atomic E-state index is 0.144. The zero-order valence-electron chi connectivity index (χ0n) is 9.60. The smallest absolute Gasteiger partial charge is 0.149 e. The second-order valence-electron chi connectivity index (χ2n) is 4.37. The van der Waals surface area contributed by atoms with Gasteiger partial charge < -0.3 is 10.6 Å². The van der Waals surface area contributed by atoms with Crippen LogP contribution in [0.1, 0.15) is 26.3 Å². The molecular weight excluding hydrogens is 174 g/mol. The minimum Gasteiger partial charge on any atom is -0.385 e. The summed E-state index contributed by atoms with van der Waals surface area (Å²) in [4.78, 5) is 4.36. The Morgan fingerprint density at radius 1 is 1.14 bits per heavy atom. The van der Waals surface area contributed by atoms with E-state index in [1.165, 1.54) is 5.56 Å². The average molecular weight is 193 g/mol. The van der Waals surface area contributed by atoms with E-state index in [4.69, 9.17) is 0 Å². The summed E-state index contributed by atoms with van der Waals surface area (Å²) in [5.41, 5.74) is 2.42. The van der Waals surface area contributed by atoms with E-state index in [0.717, 1.165) is 11.5 Å². The van der Waals surface area contributed by atoms with Gasteiger partial charge in [0.25, 0.3) is 0 Å². The highest BCUT2D eigenvalue weighted by Gasteiger charge is 2.15. The Hall–Kier alpha value is -1.25. The SMILES string of the molecule is CNc1cc(C(C)(C)C)cnc1NC. The van der Waals surface area contributed by atoms with Gasteiger partial charge in [-0.2, -0.15) is 0 Å². The molecule has 0 spiro atoms. The first-order chi connectivity index (χ1) is 6.49. The predicted molar refractivity (Wildman–Crippen MR) is 62.0 cm³/mol. The first-order valence-corrected chi connectivity index (χ1v) is 4.85. The molecule has 0 aliphatic heterocycles. The van der Waals surface area contributed by atoms with E-state index in [1.807, 2.05) is 20.3 Å². The molecule has 78 valence electrons. The molecule has 3 nitrogen and oxygen atoms in total. The van der Waals surface area contributed by atoms with Gasteiger partial charge in [0.15, 0.2) is 0 Å². The van der Waals surface area contributed by atoms with Crippen molar-refractivity contribution in [3.63, 3.8) is 0 Å². The number of nitrogens with one attached hydrogen (secondary N) is 2. The molecule has 0 saturated heterocycles. The van der Waals surface area contributed by atoms with E-state index in [-0.39, 0.29) is 5.41 Å². The number of hydrogen-bond donors (Lipinski definition) is 2. The van der Waals surface area contributed by atoms with Crippen molar-refractivity contribution < 1.29 is 0 Å². The molecule has 1 aromatic heterocycles. The number of anilines is 2. The van der Waals surface area contributed by atoms with Crippen molar-refractivity contribution in [3.05, 3.63) is 17.8 Å². The Labute approximate surface area is 85.9 Å². The van der Waals surface area contributed by atoms with Gasteiger partial charge >= 0.3 is 0 Å². The van der Waals surface area contributed by atoms with Gasteiger partial charge in [-0.15, -0.1) is 0 Å². The third kappa shape index (κ3) is 2.16. The van der Waals surface area contributed by atoms with Crippen molar-refractivity contribution in [2.75, 3.05) is 24.7 Å². The van der Waals surface area contributed by atoms with Gasteiger partial charge in [0.05, 0.1) is 5.69 Å². The average Bonchev–Trinajstić information content (AvgIpc) is 2.15.